The summed E-state index contributed by atoms with van der Waals surface area (Å²) in [6, 6.07) is 7.52. The molecule has 0 fully saturated rings. The SMILES string of the molecule is CCn1ncc2cnc(CCc3ccc(C(=O)OC(C)(C)C)cc3)nc21. The highest BCUT2D eigenvalue weighted by atomic mass is 16.6. The van der Waals surface area contributed by atoms with Crippen LogP contribution in [0.5, 0.6) is 0 Å². The van der Waals surface area contributed by atoms with Gasteiger partial charge in [-0.3, -0.25) is 0 Å². The van der Waals surface area contributed by atoms with Crippen molar-refractivity contribution in [2.75, 3.05) is 0 Å². The molecule has 0 saturated carbocycles. The van der Waals surface area contributed by atoms with Crippen molar-refractivity contribution in [1.82, 2.24) is 19.7 Å². The van der Waals surface area contributed by atoms with Gasteiger partial charge in [-0.05, 0) is 51.8 Å². The topological polar surface area (TPSA) is 69.9 Å². The van der Waals surface area contributed by atoms with E-state index in [4.69, 9.17) is 4.74 Å². The van der Waals surface area contributed by atoms with E-state index in [9.17, 15) is 4.79 Å². The first-order valence-electron chi connectivity index (χ1n) is 8.85. The van der Waals surface area contributed by atoms with Crippen LogP contribution in [0.1, 0.15) is 49.4 Å². The molecule has 2 heterocycles. The number of nitrogens with zero attached hydrogens (tertiary/aromatic N) is 4. The standard InChI is InChI=1S/C20H24N4O2/c1-5-24-18-16(13-22-24)12-21-17(23-18)11-8-14-6-9-15(10-7-14)19(25)26-20(2,3)4/h6-7,9-10,12-13H,5,8,11H2,1-4H3. The van der Waals surface area contributed by atoms with Gasteiger partial charge in [0.1, 0.15) is 11.4 Å². The third-order valence-corrected chi connectivity index (χ3v) is 3.95. The van der Waals surface area contributed by atoms with Crippen molar-refractivity contribution in [1.29, 1.82) is 0 Å². The molecule has 2 aromatic heterocycles. The number of aryl methyl sites for hydroxylation is 3. The summed E-state index contributed by atoms with van der Waals surface area (Å²) in [4.78, 5) is 21.1. The van der Waals surface area contributed by atoms with E-state index in [1.54, 1.807) is 18.3 Å². The van der Waals surface area contributed by atoms with Crippen LogP contribution in [0.4, 0.5) is 0 Å². The van der Waals surface area contributed by atoms with Gasteiger partial charge in [-0.2, -0.15) is 5.10 Å². The first kappa shape index (κ1) is 18.0. The van der Waals surface area contributed by atoms with Crippen molar-refractivity contribution >= 4 is 17.0 Å². The molecule has 0 bridgehead atoms. The van der Waals surface area contributed by atoms with Crippen molar-refractivity contribution in [3.8, 4) is 0 Å². The minimum atomic E-state index is -0.489. The zero-order chi connectivity index (χ0) is 18.7. The van der Waals surface area contributed by atoms with Gasteiger partial charge in [0, 0.05) is 19.2 Å². The maximum Gasteiger partial charge on any atom is 0.338 e. The predicted molar refractivity (Wildman–Crippen MR) is 100 cm³/mol. The molecule has 0 aliphatic carbocycles. The molecule has 0 spiro atoms. The molecular formula is C20H24N4O2. The Hall–Kier alpha value is -2.76. The summed E-state index contributed by atoms with van der Waals surface area (Å²) in [5.74, 6) is 0.495. The summed E-state index contributed by atoms with van der Waals surface area (Å²) in [7, 11) is 0. The fourth-order valence-electron chi connectivity index (χ4n) is 2.65. The summed E-state index contributed by atoms with van der Waals surface area (Å²) in [6.45, 7) is 8.41. The van der Waals surface area contributed by atoms with Crippen LogP contribution in [0.25, 0.3) is 11.0 Å². The van der Waals surface area contributed by atoms with Gasteiger partial charge < -0.3 is 4.74 Å². The Balaban J connectivity index is 1.65. The maximum atomic E-state index is 12.1. The smallest absolute Gasteiger partial charge is 0.338 e. The average molecular weight is 352 g/mol. The first-order valence-corrected chi connectivity index (χ1v) is 8.85. The number of ether oxygens (including phenoxy) is 1. The second-order valence-corrected chi connectivity index (χ2v) is 7.22. The van der Waals surface area contributed by atoms with Gasteiger partial charge in [-0.1, -0.05) is 12.1 Å². The quantitative estimate of drug-likeness (QED) is 0.656. The Bertz CT molecular complexity index is 908. The summed E-state index contributed by atoms with van der Waals surface area (Å²) in [5, 5.41) is 5.25. The lowest BCUT2D eigenvalue weighted by Gasteiger charge is -2.19. The van der Waals surface area contributed by atoms with E-state index in [0.717, 1.165) is 41.8 Å². The molecule has 6 heteroatoms. The highest BCUT2D eigenvalue weighted by Crippen LogP contribution is 2.14. The number of benzene rings is 1. The highest BCUT2D eigenvalue weighted by molar-refractivity contribution is 5.89. The summed E-state index contributed by atoms with van der Waals surface area (Å²) in [5.41, 5.74) is 2.08. The van der Waals surface area contributed by atoms with E-state index >= 15 is 0 Å². The average Bonchev–Trinajstić information content (AvgIpc) is 3.01. The van der Waals surface area contributed by atoms with Crippen LogP contribution in [0.2, 0.25) is 0 Å². The van der Waals surface area contributed by atoms with Gasteiger partial charge in [-0.25, -0.2) is 19.4 Å². The van der Waals surface area contributed by atoms with E-state index in [-0.39, 0.29) is 5.97 Å². The van der Waals surface area contributed by atoms with Crippen molar-refractivity contribution in [3.05, 3.63) is 53.6 Å². The monoisotopic (exact) mass is 352 g/mol. The molecule has 0 atom stereocenters. The van der Waals surface area contributed by atoms with E-state index in [1.165, 1.54) is 0 Å². The number of hydrogen-bond acceptors (Lipinski definition) is 5. The molecule has 0 saturated heterocycles. The van der Waals surface area contributed by atoms with Crippen LogP contribution in [0.15, 0.2) is 36.7 Å². The molecule has 0 radical (unpaired) electrons. The van der Waals surface area contributed by atoms with Gasteiger partial charge in [0.05, 0.1) is 17.1 Å². The number of hydrogen-bond donors (Lipinski definition) is 0. The van der Waals surface area contributed by atoms with Crippen LogP contribution in [0, 0.1) is 0 Å². The van der Waals surface area contributed by atoms with Gasteiger partial charge in [0.15, 0.2) is 5.65 Å². The van der Waals surface area contributed by atoms with E-state index in [1.807, 2.05) is 50.7 Å². The Morgan fingerprint density at radius 2 is 1.85 bits per heavy atom. The minimum Gasteiger partial charge on any atom is -0.456 e. The largest absolute Gasteiger partial charge is 0.456 e. The number of carbonyl (C=O) groups excluding carboxylic acids is 1. The second kappa shape index (κ2) is 7.23. The third-order valence-electron chi connectivity index (χ3n) is 3.95. The zero-order valence-electron chi connectivity index (χ0n) is 15.7. The van der Waals surface area contributed by atoms with Gasteiger partial charge in [-0.15, -0.1) is 0 Å². The Kier molecular flexibility index (Phi) is 5.02. The first-order chi connectivity index (χ1) is 12.4. The van der Waals surface area contributed by atoms with E-state index < -0.39 is 5.60 Å². The third kappa shape index (κ3) is 4.25. The number of aromatic nitrogens is 4. The molecule has 6 nitrogen and oxygen atoms in total. The molecular weight excluding hydrogens is 328 g/mol. The van der Waals surface area contributed by atoms with Crippen LogP contribution in [0.3, 0.4) is 0 Å². The molecule has 0 unspecified atom stereocenters. The Morgan fingerprint density at radius 3 is 2.50 bits per heavy atom. The van der Waals surface area contributed by atoms with Crippen LogP contribution < -0.4 is 0 Å². The number of carbonyl (C=O) groups is 1. The number of esters is 1. The summed E-state index contributed by atoms with van der Waals surface area (Å²) in [6.07, 6.45) is 5.15. The van der Waals surface area contributed by atoms with Gasteiger partial charge in [0.2, 0.25) is 0 Å². The predicted octanol–water partition coefficient (Wildman–Crippen LogP) is 3.59. The molecule has 3 rings (SSSR count). The normalized spacial score (nSPS) is 11.7. The fourth-order valence-corrected chi connectivity index (χ4v) is 2.65. The minimum absolute atomic E-state index is 0.300. The molecule has 3 aromatic rings. The van der Waals surface area contributed by atoms with Crippen LogP contribution in [-0.4, -0.2) is 31.3 Å². The highest BCUT2D eigenvalue weighted by Gasteiger charge is 2.17. The molecule has 0 aliphatic heterocycles. The summed E-state index contributed by atoms with van der Waals surface area (Å²) >= 11 is 0. The number of fused-ring (bicyclic) bond motifs is 1. The Morgan fingerprint density at radius 1 is 1.12 bits per heavy atom. The molecule has 136 valence electrons. The van der Waals surface area contributed by atoms with E-state index in [0.29, 0.717) is 5.56 Å². The molecule has 0 N–H and O–H groups in total. The zero-order valence-corrected chi connectivity index (χ0v) is 15.7. The lowest BCUT2D eigenvalue weighted by atomic mass is 10.1. The van der Waals surface area contributed by atoms with Crippen LogP contribution >= 0.6 is 0 Å². The second-order valence-electron chi connectivity index (χ2n) is 7.22. The fraction of sp³-hybridized carbons (Fsp3) is 0.400. The molecule has 0 amide bonds. The lowest BCUT2D eigenvalue weighted by molar-refractivity contribution is 0.00695. The summed E-state index contributed by atoms with van der Waals surface area (Å²) < 4.78 is 7.25. The van der Waals surface area contributed by atoms with Crippen molar-refractivity contribution < 1.29 is 9.53 Å². The molecule has 0 aliphatic rings. The Labute approximate surface area is 153 Å². The molecule has 1 aromatic carbocycles. The molecule has 26 heavy (non-hydrogen) atoms. The van der Waals surface area contributed by atoms with Crippen molar-refractivity contribution in [2.45, 2.75) is 52.7 Å². The maximum absolute atomic E-state index is 12.1. The number of rotatable bonds is 5. The van der Waals surface area contributed by atoms with Gasteiger partial charge in [0.25, 0.3) is 0 Å². The van der Waals surface area contributed by atoms with E-state index in [2.05, 4.69) is 15.1 Å². The van der Waals surface area contributed by atoms with Crippen molar-refractivity contribution in [2.24, 2.45) is 0 Å². The van der Waals surface area contributed by atoms with Crippen molar-refractivity contribution in [3.63, 3.8) is 0 Å². The lowest BCUT2D eigenvalue weighted by Crippen LogP contribution is -2.23. The van der Waals surface area contributed by atoms with Crippen LogP contribution in [-0.2, 0) is 24.1 Å². The van der Waals surface area contributed by atoms with Gasteiger partial charge >= 0.3 is 5.97 Å².